The number of hydrogen-bond donors (Lipinski definition) is 2. The lowest BCUT2D eigenvalue weighted by atomic mass is 9.99. The van der Waals surface area contributed by atoms with E-state index in [1.807, 2.05) is 36.4 Å². The highest BCUT2D eigenvalue weighted by molar-refractivity contribution is 7.22. The van der Waals surface area contributed by atoms with Gasteiger partial charge in [0, 0.05) is 34.6 Å². The predicted octanol–water partition coefficient (Wildman–Crippen LogP) is 5.09. The predicted molar refractivity (Wildman–Crippen MR) is 119 cm³/mol. The van der Waals surface area contributed by atoms with E-state index in [2.05, 4.69) is 10.6 Å². The van der Waals surface area contributed by atoms with Gasteiger partial charge in [-0.05, 0) is 53.1 Å². The molecule has 0 aliphatic heterocycles. The van der Waals surface area contributed by atoms with Gasteiger partial charge in [-0.3, -0.25) is 9.59 Å². The zero-order valence-electron chi connectivity index (χ0n) is 16.5. The van der Waals surface area contributed by atoms with Crippen molar-refractivity contribution in [2.24, 2.45) is 0 Å². The molecule has 1 heterocycles. The van der Waals surface area contributed by atoms with Gasteiger partial charge < -0.3 is 10.6 Å². The lowest BCUT2D eigenvalue weighted by molar-refractivity contribution is 0.0956. The summed E-state index contributed by atoms with van der Waals surface area (Å²) in [6, 6.07) is 19.4. The van der Waals surface area contributed by atoms with Crippen molar-refractivity contribution in [2.45, 2.75) is 0 Å². The Bertz CT molecular complexity index is 1260. The molecule has 30 heavy (non-hydrogen) atoms. The number of amides is 2. The minimum atomic E-state index is -0.320. The maximum atomic E-state index is 13.4. The zero-order chi connectivity index (χ0) is 21.3. The maximum absolute atomic E-state index is 13.4. The van der Waals surface area contributed by atoms with Crippen LogP contribution in [0, 0.1) is 5.82 Å². The second kappa shape index (κ2) is 8.08. The first-order valence-electron chi connectivity index (χ1n) is 9.39. The van der Waals surface area contributed by atoms with Gasteiger partial charge in [0.25, 0.3) is 11.8 Å². The standard InChI is InChI=1S/C24H19FN2O2S/c1-26-23(28)17-5-3-4-15(12-17)16-8-11-20-19(13-16)21(24(29)27-2)22(30-20)14-6-9-18(25)10-7-14/h3-13H,1-2H3,(H,26,28)(H,27,29). The average Bonchev–Trinajstić information content (AvgIpc) is 3.17. The van der Waals surface area contributed by atoms with Crippen LogP contribution in [0.25, 0.3) is 31.7 Å². The topological polar surface area (TPSA) is 58.2 Å². The minimum Gasteiger partial charge on any atom is -0.355 e. The van der Waals surface area contributed by atoms with Crippen molar-refractivity contribution in [1.29, 1.82) is 0 Å². The molecule has 0 saturated carbocycles. The molecule has 1 aromatic heterocycles. The van der Waals surface area contributed by atoms with Crippen LogP contribution >= 0.6 is 11.3 Å². The van der Waals surface area contributed by atoms with E-state index in [4.69, 9.17) is 0 Å². The van der Waals surface area contributed by atoms with Crippen molar-refractivity contribution >= 4 is 33.2 Å². The summed E-state index contributed by atoms with van der Waals surface area (Å²) in [5.41, 5.74) is 3.71. The summed E-state index contributed by atoms with van der Waals surface area (Å²) in [5.74, 6) is -0.672. The molecule has 4 nitrogen and oxygen atoms in total. The van der Waals surface area contributed by atoms with Crippen LogP contribution in [0.2, 0.25) is 0 Å². The van der Waals surface area contributed by atoms with Crippen molar-refractivity contribution in [3.63, 3.8) is 0 Å². The molecule has 0 aliphatic carbocycles. The Labute approximate surface area is 177 Å². The molecule has 0 atom stereocenters. The number of carbonyl (C=O) groups excluding carboxylic acids is 2. The number of nitrogens with one attached hydrogen (secondary N) is 2. The van der Waals surface area contributed by atoms with Crippen LogP contribution in [-0.2, 0) is 0 Å². The van der Waals surface area contributed by atoms with Crippen LogP contribution in [0.1, 0.15) is 20.7 Å². The SMILES string of the molecule is CNC(=O)c1cccc(-c2ccc3sc(-c4ccc(F)cc4)c(C(=O)NC)c3c2)c1. The highest BCUT2D eigenvalue weighted by Crippen LogP contribution is 2.40. The van der Waals surface area contributed by atoms with Crippen molar-refractivity contribution in [3.8, 4) is 21.6 Å². The molecule has 4 aromatic rings. The first kappa shape index (κ1) is 19.8. The van der Waals surface area contributed by atoms with E-state index < -0.39 is 0 Å². The Kier molecular flexibility index (Phi) is 5.33. The fraction of sp³-hybridized carbons (Fsp3) is 0.0833. The summed E-state index contributed by atoms with van der Waals surface area (Å²) in [7, 11) is 3.19. The number of carbonyl (C=O) groups is 2. The monoisotopic (exact) mass is 418 g/mol. The van der Waals surface area contributed by atoms with Gasteiger partial charge in [0.15, 0.2) is 0 Å². The lowest BCUT2D eigenvalue weighted by Crippen LogP contribution is -2.18. The molecule has 0 fully saturated rings. The molecule has 0 aliphatic rings. The lowest BCUT2D eigenvalue weighted by Gasteiger charge is -2.07. The molecule has 0 unspecified atom stereocenters. The quantitative estimate of drug-likeness (QED) is 0.485. The second-order valence-corrected chi connectivity index (χ2v) is 7.82. The number of thiophene rings is 1. The van der Waals surface area contributed by atoms with E-state index in [1.54, 1.807) is 32.3 Å². The van der Waals surface area contributed by atoms with E-state index >= 15 is 0 Å². The molecule has 0 spiro atoms. The summed E-state index contributed by atoms with van der Waals surface area (Å²) >= 11 is 1.49. The molecule has 3 aromatic carbocycles. The summed E-state index contributed by atoms with van der Waals surface area (Å²) in [4.78, 5) is 25.5. The zero-order valence-corrected chi connectivity index (χ0v) is 17.3. The molecular formula is C24H19FN2O2S. The van der Waals surface area contributed by atoms with Gasteiger partial charge in [0.2, 0.25) is 0 Å². The fourth-order valence-electron chi connectivity index (χ4n) is 3.42. The highest BCUT2D eigenvalue weighted by Gasteiger charge is 2.20. The van der Waals surface area contributed by atoms with Crippen LogP contribution in [0.4, 0.5) is 4.39 Å². The number of fused-ring (bicyclic) bond motifs is 1. The molecule has 6 heteroatoms. The van der Waals surface area contributed by atoms with E-state index in [0.29, 0.717) is 11.1 Å². The summed E-state index contributed by atoms with van der Waals surface area (Å²) in [5, 5.41) is 6.16. The van der Waals surface area contributed by atoms with E-state index in [-0.39, 0.29) is 17.6 Å². The number of hydrogen-bond acceptors (Lipinski definition) is 3. The Morgan fingerprint density at radius 3 is 2.17 bits per heavy atom. The largest absolute Gasteiger partial charge is 0.355 e. The Morgan fingerprint density at radius 2 is 1.47 bits per heavy atom. The Hall–Kier alpha value is -3.51. The third kappa shape index (κ3) is 3.57. The molecule has 150 valence electrons. The first-order chi connectivity index (χ1) is 14.5. The summed E-state index contributed by atoms with van der Waals surface area (Å²) in [6.07, 6.45) is 0. The maximum Gasteiger partial charge on any atom is 0.253 e. The fourth-order valence-corrected chi connectivity index (χ4v) is 4.60. The molecule has 2 N–H and O–H groups in total. The van der Waals surface area contributed by atoms with Crippen LogP contribution in [-0.4, -0.2) is 25.9 Å². The van der Waals surface area contributed by atoms with Crippen molar-refractivity contribution in [3.05, 3.63) is 83.7 Å². The first-order valence-corrected chi connectivity index (χ1v) is 10.2. The van der Waals surface area contributed by atoms with E-state index in [0.717, 1.165) is 31.7 Å². The summed E-state index contributed by atoms with van der Waals surface area (Å²) in [6.45, 7) is 0. The Morgan fingerprint density at radius 1 is 0.800 bits per heavy atom. The second-order valence-electron chi connectivity index (χ2n) is 6.76. The Balaban J connectivity index is 1.89. The summed E-state index contributed by atoms with van der Waals surface area (Å²) < 4.78 is 14.3. The normalized spacial score (nSPS) is 10.8. The van der Waals surface area contributed by atoms with Gasteiger partial charge in [-0.2, -0.15) is 0 Å². The number of rotatable bonds is 4. The third-order valence-corrected chi connectivity index (χ3v) is 6.15. The van der Waals surface area contributed by atoms with Crippen LogP contribution < -0.4 is 10.6 Å². The van der Waals surface area contributed by atoms with Crippen LogP contribution in [0.3, 0.4) is 0 Å². The van der Waals surface area contributed by atoms with E-state index in [1.165, 1.54) is 23.5 Å². The molecule has 0 bridgehead atoms. The molecule has 4 rings (SSSR count). The smallest absolute Gasteiger partial charge is 0.253 e. The third-order valence-electron chi connectivity index (χ3n) is 4.93. The van der Waals surface area contributed by atoms with Gasteiger partial charge in [-0.25, -0.2) is 4.39 Å². The molecule has 2 amide bonds. The van der Waals surface area contributed by atoms with Crippen LogP contribution in [0.15, 0.2) is 66.7 Å². The number of halogens is 1. The van der Waals surface area contributed by atoms with Crippen molar-refractivity contribution in [2.75, 3.05) is 14.1 Å². The molecular weight excluding hydrogens is 399 g/mol. The number of benzene rings is 3. The van der Waals surface area contributed by atoms with Gasteiger partial charge in [-0.1, -0.05) is 30.3 Å². The van der Waals surface area contributed by atoms with E-state index in [9.17, 15) is 14.0 Å². The molecule has 0 saturated heterocycles. The minimum absolute atomic E-state index is 0.155. The van der Waals surface area contributed by atoms with Gasteiger partial charge in [-0.15, -0.1) is 11.3 Å². The van der Waals surface area contributed by atoms with Crippen molar-refractivity contribution in [1.82, 2.24) is 10.6 Å². The molecule has 0 radical (unpaired) electrons. The van der Waals surface area contributed by atoms with Crippen LogP contribution in [0.5, 0.6) is 0 Å². The van der Waals surface area contributed by atoms with Crippen molar-refractivity contribution < 1.29 is 14.0 Å². The van der Waals surface area contributed by atoms with Gasteiger partial charge >= 0.3 is 0 Å². The van der Waals surface area contributed by atoms with Gasteiger partial charge in [0.05, 0.1) is 5.56 Å². The highest BCUT2D eigenvalue weighted by atomic mass is 32.1. The van der Waals surface area contributed by atoms with Gasteiger partial charge in [0.1, 0.15) is 5.82 Å². The average molecular weight is 418 g/mol.